The molecule has 0 radical (unpaired) electrons. The first kappa shape index (κ1) is 14.7. The fourth-order valence-corrected chi connectivity index (χ4v) is 3.73. The zero-order valence-electron chi connectivity index (χ0n) is 13.4. The lowest BCUT2D eigenvalue weighted by Crippen LogP contribution is -2.41. The third-order valence-electron chi connectivity index (χ3n) is 4.71. The van der Waals surface area contributed by atoms with Gasteiger partial charge < -0.3 is 15.0 Å². The number of anilines is 1. The Labute approximate surface area is 140 Å². The van der Waals surface area contributed by atoms with E-state index in [2.05, 4.69) is 11.6 Å². The Hall–Kier alpha value is -2.85. The van der Waals surface area contributed by atoms with Crippen molar-refractivity contribution in [1.29, 1.82) is 0 Å². The summed E-state index contributed by atoms with van der Waals surface area (Å²) >= 11 is 0. The van der Waals surface area contributed by atoms with Gasteiger partial charge in [-0.25, -0.2) is 0 Å². The van der Waals surface area contributed by atoms with Gasteiger partial charge in [0.1, 0.15) is 0 Å². The van der Waals surface area contributed by atoms with E-state index in [0.717, 1.165) is 22.3 Å². The van der Waals surface area contributed by atoms with E-state index in [9.17, 15) is 9.90 Å². The number of aromatic amines is 1. The van der Waals surface area contributed by atoms with Crippen LogP contribution in [0.1, 0.15) is 16.8 Å². The van der Waals surface area contributed by atoms with Crippen molar-refractivity contribution >= 4 is 22.5 Å². The first-order chi connectivity index (χ1) is 11.6. The van der Waals surface area contributed by atoms with Crippen LogP contribution in [0.25, 0.3) is 10.9 Å². The number of para-hydroxylation sites is 2. The zero-order valence-corrected chi connectivity index (χ0v) is 13.4. The molecule has 2 aromatic carbocycles. The zero-order chi connectivity index (χ0) is 16.9. The number of hydrogen-bond acceptors (Lipinski definition) is 2. The summed E-state index contributed by atoms with van der Waals surface area (Å²) in [5.41, 5.74) is 1.98. The number of rotatable bonds is 3. The summed E-state index contributed by atoms with van der Waals surface area (Å²) in [6, 6.07) is 15.1. The van der Waals surface area contributed by atoms with E-state index >= 15 is 0 Å². The van der Waals surface area contributed by atoms with Crippen molar-refractivity contribution in [3.05, 3.63) is 78.0 Å². The van der Waals surface area contributed by atoms with Crippen molar-refractivity contribution in [2.75, 3.05) is 11.4 Å². The number of aliphatic hydroxyl groups is 1. The number of fused-ring (bicyclic) bond motifs is 2. The Kier molecular flexibility index (Phi) is 3.11. The van der Waals surface area contributed by atoms with Crippen molar-refractivity contribution in [1.82, 2.24) is 4.98 Å². The molecule has 4 heteroatoms. The number of nitrogens with zero attached hydrogens (tertiary/aromatic N) is 1. The number of hydrogen-bond donors (Lipinski definition) is 2. The molecule has 1 amide bonds. The van der Waals surface area contributed by atoms with Gasteiger partial charge in [-0.05, 0) is 19.1 Å². The summed E-state index contributed by atoms with van der Waals surface area (Å²) in [6.45, 7) is 5.98. The molecule has 0 spiro atoms. The molecule has 2 N–H and O–H groups in total. The molecule has 1 aliphatic heterocycles. The predicted molar refractivity (Wildman–Crippen MR) is 95.0 cm³/mol. The number of benzene rings is 2. The van der Waals surface area contributed by atoms with E-state index in [-0.39, 0.29) is 5.91 Å². The van der Waals surface area contributed by atoms with Crippen molar-refractivity contribution in [3.63, 3.8) is 0 Å². The Balaban J connectivity index is 2.04. The number of aromatic nitrogens is 1. The molecule has 2 heterocycles. The summed E-state index contributed by atoms with van der Waals surface area (Å²) in [5, 5.41) is 12.5. The average Bonchev–Trinajstić information content (AvgIpc) is 3.03. The maximum Gasteiger partial charge on any atom is 0.268 e. The van der Waals surface area contributed by atoms with Crippen LogP contribution in [0.5, 0.6) is 0 Å². The van der Waals surface area contributed by atoms with Gasteiger partial charge in [-0.1, -0.05) is 42.5 Å². The molecule has 0 saturated carbocycles. The molecule has 0 aliphatic carbocycles. The Bertz CT molecular complexity index is 973. The van der Waals surface area contributed by atoms with Crippen molar-refractivity contribution in [2.24, 2.45) is 0 Å². The molecule has 1 unspecified atom stereocenters. The van der Waals surface area contributed by atoms with E-state index in [4.69, 9.17) is 0 Å². The summed E-state index contributed by atoms with van der Waals surface area (Å²) in [4.78, 5) is 18.0. The fraction of sp³-hybridized carbons (Fsp3) is 0.150. The minimum atomic E-state index is -1.69. The van der Waals surface area contributed by atoms with Crippen molar-refractivity contribution in [2.45, 2.75) is 12.5 Å². The Morgan fingerprint density at radius 2 is 1.92 bits per heavy atom. The molecule has 3 aromatic rings. The molecule has 4 rings (SSSR count). The van der Waals surface area contributed by atoms with Crippen LogP contribution >= 0.6 is 0 Å². The third kappa shape index (κ3) is 1.74. The smallest absolute Gasteiger partial charge is 0.268 e. The molecule has 1 aromatic heterocycles. The normalized spacial score (nSPS) is 19.8. The number of nitrogens with one attached hydrogen (secondary N) is 1. The van der Waals surface area contributed by atoms with Gasteiger partial charge in [0.05, 0.1) is 5.69 Å². The van der Waals surface area contributed by atoms with E-state index in [0.29, 0.717) is 17.7 Å². The van der Waals surface area contributed by atoms with Gasteiger partial charge in [-0.15, -0.1) is 6.58 Å². The van der Waals surface area contributed by atoms with Crippen molar-refractivity contribution in [3.8, 4) is 0 Å². The first-order valence-corrected chi connectivity index (χ1v) is 7.91. The summed E-state index contributed by atoms with van der Waals surface area (Å²) in [7, 11) is 0. The minimum absolute atomic E-state index is 0.337. The molecule has 0 saturated heterocycles. The van der Waals surface area contributed by atoms with Crippen LogP contribution in [0.15, 0.2) is 61.2 Å². The number of carbonyl (C=O) groups excluding carboxylic acids is 1. The van der Waals surface area contributed by atoms with Gasteiger partial charge in [-0.3, -0.25) is 4.79 Å². The molecule has 1 aliphatic rings. The number of aryl methyl sites for hydroxylation is 1. The molecule has 1 atom stereocenters. The second-order valence-electron chi connectivity index (χ2n) is 6.10. The Morgan fingerprint density at radius 1 is 1.21 bits per heavy atom. The quantitative estimate of drug-likeness (QED) is 0.728. The van der Waals surface area contributed by atoms with Crippen LogP contribution in [-0.2, 0) is 10.4 Å². The highest BCUT2D eigenvalue weighted by Crippen LogP contribution is 2.47. The molecular weight excluding hydrogens is 300 g/mol. The highest BCUT2D eigenvalue weighted by atomic mass is 16.3. The highest BCUT2D eigenvalue weighted by Gasteiger charge is 2.52. The summed E-state index contributed by atoms with van der Waals surface area (Å²) < 4.78 is 0. The second-order valence-corrected chi connectivity index (χ2v) is 6.10. The highest BCUT2D eigenvalue weighted by molar-refractivity contribution is 6.11. The van der Waals surface area contributed by atoms with Gasteiger partial charge in [0.2, 0.25) is 0 Å². The van der Waals surface area contributed by atoms with E-state index < -0.39 is 5.60 Å². The molecule has 0 bridgehead atoms. The lowest BCUT2D eigenvalue weighted by Gasteiger charge is -2.23. The topological polar surface area (TPSA) is 56.3 Å². The van der Waals surface area contributed by atoms with Crippen LogP contribution in [0.4, 0.5) is 5.69 Å². The largest absolute Gasteiger partial charge is 0.372 e. The maximum absolute atomic E-state index is 13.2. The number of carbonyl (C=O) groups is 1. The lowest BCUT2D eigenvalue weighted by molar-refractivity contribution is -0.132. The van der Waals surface area contributed by atoms with E-state index in [1.807, 2.05) is 55.5 Å². The van der Waals surface area contributed by atoms with E-state index in [1.165, 1.54) is 0 Å². The van der Waals surface area contributed by atoms with E-state index in [1.54, 1.807) is 11.0 Å². The van der Waals surface area contributed by atoms with Gasteiger partial charge in [0.25, 0.3) is 5.91 Å². The average molecular weight is 318 g/mol. The van der Waals surface area contributed by atoms with Crippen LogP contribution in [0, 0.1) is 6.92 Å². The van der Waals surface area contributed by atoms with Gasteiger partial charge in [0.15, 0.2) is 5.60 Å². The predicted octanol–water partition coefficient (Wildman–Crippen LogP) is 3.24. The number of H-pyrrole nitrogens is 1. The van der Waals surface area contributed by atoms with Gasteiger partial charge in [0, 0.05) is 34.3 Å². The summed E-state index contributed by atoms with van der Waals surface area (Å²) in [6.07, 6.45) is 1.67. The standard InChI is InChI=1S/C20H18N2O2/c1-3-12-22-17-11-7-5-9-15(17)20(24,19(22)23)18-13(2)21-16-10-6-4-8-14(16)18/h3-11,21,24H,1,12H2,2H3. The molecule has 4 nitrogen and oxygen atoms in total. The molecule has 120 valence electrons. The van der Waals surface area contributed by atoms with Crippen LogP contribution in [-0.4, -0.2) is 22.5 Å². The third-order valence-corrected chi connectivity index (χ3v) is 4.71. The fourth-order valence-electron chi connectivity index (χ4n) is 3.73. The number of amides is 1. The lowest BCUT2D eigenvalue weighted by atomic mass is 9.85. The van der Waals surface area contributed by atoms with Crippen LogP contribution < -0.4 is 4.90 Å². The monoisotopic (exact) mass is 318 g/mol. The van der Waals surface area contributed by atoms with Crippen LogP contribution in [0.2, 0.25) is 0 Å². The van der Waals surface area contributed by atoms with Gasteiger partial charge >= 0.3 is 0 Å². The van der Waals surface area contributed by atoms with Gasteiger partial charge in [-0.2, -0.15) is 0 Å². The summed E-state index contributed by atoms with van der Waals surface area (Å²) in [5.74, 6) is -0.337. The molecular formula is C20H18N2O2. The second kappa shape index (κ2) is 5.08. The molecule has 24 heavy (non-hydrogen) atoms. The van der Waals surface area contributed by atoms with Crippen LogP contribution in [0.3, 0.4) is 0 Å². The SMILES string of the molecule is C=CCN1C(=O)C(O)(c2c(C)[nH]c3ccccc23)c2ccccc21. The van der Waals surface area contributed by atoms with Crippen molar-refractivity contribution < 1.29 is 9.90 Å². The Morgan fingerprint density at radius 3 is 2.71 bits per heavy atom. The first-order valence-electron chi connectivity index (χ1n) is 7.91. The molecule has 0 fully saturated rings. The maximum atomic E-state index is 13.2. The minimum Gasteiger partial charge on any atom is -0.372 e.